The predicted molar refractivity (Wildman–Crippen MR) is 143 cm³/mol. The summed E-state index contributed by atoms with van der Waals surface area (Å²) in [5.41, 5.74) is 1.67. The summed E-state index contributed by atoms with van der Waals surface area (Å²) in [6.45, 7) is 3.99. The highest BCUT2D eigenvalue weighted by atomic mass is 16.5. The van der Waals surface area contributed by atoms with Crippen LogP contribution in [0, 0.1) is 0 Å². The van der Waals surface area contributed by atoms with E-state index in [1.807, 2.05) is 32.0 Å². The van der Waals surface area contributed by atoms with Gasteiger partial charge in [0.2, 0.25) is 0 Å². The van der Waals surface area contributed by atoms with Crippen molar-refractivity contribution in [1.82, 2.24) is 4.90 Å². The Morgan fingerprint density at radius 2 is 1.53 bits per heavy atom. The summed E-state index contributed by atoms with van der Waals surface area (Å²) in [6.07, 6.45) is -0.0120. The second-order valence-electron chi connectivity index (χ2n) is 9.08. The number of carbonyl (C=O) groups is 2. The number of amides is 1. The van der Waals surface area contributed by atoms with Gasteiger partial charge >= 0.3 is 0 Å². The normalized spacial score (nSPS) is 16.6. The van der Waals surface area contributed by atoms with Crippen LogP contribution in [-0.4, -0.2) is 49.1 Å². The van der Waals surface area contributed by atoms with Crippen LogP contribution in [0.25, 0.3) is 5.76 Å². The van der Waals surface area contributed by atoms with Crippen molar-refractivity contribution in [3.05, 3.63) is 89.0 Å². The van der Waals surface area contributed by atoms with Crippen molar-refractivity contribution in [2.45, 2.75) is 32.5 Å². The Balaban J connectivity index is 1.86. The fourth-order valence-corrected chi connectivity index (χ4v) is 4.50. The van der Waals surface area contributed by atoms with E-state index in [0.29, 0.717) is 28.6 Å². The van der Waals surface area contributed by atoms with E-state index >= 15 is 0 Å². The zero-order valence-corrected chi connectivity index (χ0v) is 22.1. The van der Waals surface area contributed by atoms with Crippen molar-refractivity contribution >= 4 is 17.4 Å². The first kappa shape index (κ1) is 26.6. The van der Waals surface area contributed by atoms with Gasteiger partial charge < -0.3 is 29.0 Å². The molecular formula is C30H31NO7. The molecule has 1 aliphatic rings. The topological polar surface area (TPSA) is 94.5 Å². The highest BCUT2D eigenvalue weighted by Crippen LogP contribution is 2.42. The quantitative estimate of drug-likeness (QED) is 0.239. The summed E-state index contributed by atoms with van der Waals surface area (Å²) in [4.78, 5) is 28.3. The number of ketones is 1. The number of methoxy groups -OCH3 is 3. The van der Waals surface area contributed by atoms with Gasteiger partial charge in [0.25, 0.3) is 11.7 Å². The third-order valence-electron chi connectivity index (χ3n) is 6.26. The predicted octanol–water partition coefficient (Wildman–Crippen LogP) is 5.12. The summed E-state index contributed by atoms with van der Waals surface area (Å²) in [7, 11) is 4.54. The van der Waals surface area contributed by atoms with Gasteiger partial charge in [0.15, 0.2) is 0 Å². The number of benzene rings is 3. The summed E-state index contributed by atoms with van der Waals surface area (Å²) in [5.74, 6) is 0.294. The summed E-state index contributed by atoms with van der Waals surface area (Å²) < 4.78 is 21.8. The zero-order chi connectivity index (χ0) is 27.4. The molecule has 1 atom stereocenters. The number of rotatable bonds is 9. The van der Waals surface area contributed by atoms with Crippen LogP contribution in [0.4, 0.5) is 0 Å². The van der Waals surface area contributed by atoms with Crippen LogP contribution in [0.1, 0.15) is 36.6 Å². The Morgan fingerprint density at radius 3 is 2.16 bits per heavy atom. The average Bonchev–Trinajstić information content (AvgIpc) is 3.17. The van der Waals surface area contributed by atoms with Gasteiger partial charge in [-0.25, -0.2) is 0 Å². The first-order valence-electron chi connectivity index (χ1n) is 12.2. The van der Waals surface area contributed by atoms with E-state index in [0.717, 1.165) is 5.56 Å². The van der Waals surface area contributed by atoms with E-state index in [1.165, 1.54) is 19.1 Å². The lowest BCUT2D eigenvalue weighted by Gasteiger charge is -2.26. The summed E-state index contributed by atoms with van der Waals surface area (Å²) in [6, 6.07) is 18.5. The fraction of sp³-hybridized carbons (Fsp3) is 0.267. The van der Waals surface area contributed by atoms with Gasteiger partial charge in [0, 0.05) is 12.6 Å². The highest BCUT2D eigenvalue weighted by molar-refractivity contribution is 6.46. The maximum absolute atomic E-state index is 13.4. The molecule has 0 aliphatic carbocycles. The molecule has 1 N–H and O–H groups in total. The Kier molecular flexibility index (Phi) is 7.90. The van der Waals surface area contributed by atoms with Crippen LogP contribution < -0.4 is 18.9 Å². The van der Waals surface area contributed by atoms with Gasteiger partial charge in [-0.05, 0) is 61.4 Å². The molecule has 0 bridgehead atoms. The summed E-state index contributed by atoms with van der Waals surface area (Å²) in [5, 5.41) is 11.5. The monoisotopic (exact) mass is 517 g/mol. The fourth-order valence-electron chi connectivity index (χ4n) is 4.50. The molecule has 0 aromatic heterocycles. The van der Waals surface area contributed by atoms with E-state index in [4.69, 9.17) is 18.9 Å². The van der Waals surface area contributed by atoms with Gasteiger partial charge in [-0.3, -0.25) is 9.59 Å². The van der Waals surface area contributed by atoms with Gasteiger partial charge in [-0.15, -0.1) is 0 Å². The molecule has 1 unspecified atom stereocenters. The van der Waals surface area contributed by atoms with Crippen molar-refractivity contribution in [2.75, 3.05) is 21.3 Å². The minimum absolute atomic E-state index is 0.0120. The Bertz CT molecular complexity index is 1360. The zero-order valence-electron chi connectivity index (χ0n) is 22.1. The Labute approximate surface area is 222 Å². The number of hydrogen-bond acceptors (Lipinski definition) is 7. The van der Waals surface area contributed by atoms with Crippen LogP contribution in [0.15, 0.2) is 72.3 Å². The molecule has 38 heavy (non-hydrogen) atoms. The molecule has 0 spiro atoms. The van der Waals surface area contributed by atoms with E-state index in [9.17, 15) is 14.7 Å². The molecule has 1 fully saturated rings. The molecule has 1 aliphatic heterocycles. The SMILES string of the molecule is COc1cccc(CN2C(=O)C(=O)/C(=C(\O)c3ccc(OC)cc3OC)C2c2ccc(OC(C)C)cc2)c1. The molecule has 1 heterocycles. The van der Waals surface area contributed by atoms with Crippen LogP contribution in [-0.2, 0) is 16.1 Å². The highest BCUT2D eigenvalue weighted by Gasteiger charge is 2.46. The lowest BCUT2D eigenvalue weighted by atomic mass is 9.94. The molecule has 1 amide bonds. The number of hydrogen-bond donors (Lipinski definition) is 1. The maximum Gasteiger partial charge on any atom is 0.295 e. The van der Waals surface area contributed by atoms with Gasteiger partial charge in [-0.1, -0.05) is 24.3 Å². The van der Waals surface area contributed by atoms with E-state index < -0.39 is 17.7 Å². The molecule has 3 aromatic carbocycles. The second kappa shape index (κ2) is 11.3. The number of ether oxygens (including phenoxy) is 4. The molecule has 198 valence electrons. The third kappa shape index (κ3) is 5.29. The minimum atomic E-state index is -0.846. The first-order chi connectivity index (χ1) is 18.3. The van der Waals surface area contributed by atoms with Gasteiger partial charge in [0.05, 0.1) is 44.6 Å². The number of carbonyl (C=O) groups excluding carboxylic acids is 2. The molecule has 0 radical (unpaired) electrons. The first-order valence-corrected chi connectivity index (χ1v) is 12.2. The molecular weight excluding hydrogens is 486 g/mol. The largest absolute Gasteiger partial charge is 0.507 e. The van der Waals surface area contributed by atoms with Crippen LogP contribution in [0.3, 0.4) is 0 Å². The number of nitrogens with zero attached hydrogens (tertiary/aromatic N) is 1. The van der Waals surface area contributed by atoms with Crippen LogP contribution >= 0.6 is 0 Å². The Morgan fingerprint density at radius 1 is 0.868 bits per heavy atom. The second-order valence-corrected chi connectivity index (χ2v) is 9.08. The third-order valence-corrected chi connectivity index (χ3v) is 6.26. The molecule has 8 nitrogen and oxygen atoms in total. The minimum Gasteiger partial charge on any atom is -0.507 e. The van der Waals surface area contributed by atoms with E-state index in [2.05, 4.69) is 0 Å². The smallest absolute Gasteiger partial charge is 0.295 e. The standard InChI is InChI=1S/C30H31NO7/c1-18(2)38-21-11-9-20(10-12-21)27-26(28(32)24-14-13-23(36-4)16-25(24)37-5)29(33)30(34)31(27)17-19-7-6-8-22(15-19)35-3/h6-16,18,27,32H,17H2,1-5H3/b28-26-. The van der Waals surface area contributed by atoms with Crippen molar-refractivity contribution in [3.8, 4) is 23.0 Å². The van der Waals surface area contributed by atoms with Crippen molar-refractivity contribution in [1.29, 1.82) is 0 Å². The lowest BCUT2D eigenvalue weighted by Crippen LogP contribution is -2.29. The average molecular weight is 518 g/mol. The number of Topliss-reactive ketones (excluding diaryl/α,β-unsaturated/α-hetero) is 1. The van der Waals surface area contributed by atoms with Gasteiger partial charge in [-0.2, -0.15) is 0 Å². The van der Waals surface area contributed by atoms with Crippen LogP contribution in [0.2, 0.25) is 0 Å². The number of aliphatic hydroxyl groups excluding tert-OH is 1. The van der Waals surface area contributed by atoms with Gasteiger partial charge in [0.1, 0.15) is 28.8 Å². The van der Waals surface area contributed by atoms with Crippen LogP contribution in [0.5, 0.6) is 23.0 Å². The van der Waals surface area contributed by atoms with Crippen molar-refractivity contribution < 1.29 is 33.6 Å². The molecule has 0 saturated carbocycles. The lowest BCUT2D eigenvalue weighted by molar-refractivity contribution is -0.140. The number of aliphatic hydroxyl groups is 1. The summed E-state index contributed by atoms with van der Waals surface area (Å²) >= 11 is 0. The number of likely N-dealkylation sites (tertiary alicyclic amines) is 1. The van der Waals surface area contributed by atoms with Crippen molar-refractivity contribution in [3.63, 3.8) is 0 Å². The molecule has 3 aromatic rings. The van der Waals surface area contributed by atoms with E-state index in [1.54, 1.807) is 55.6 Å². The Hall–Kier alpha value is -4.46. The molecule has 8 heteroatoms. The molecule has 4 rings (SSSR count). The van der Waals surface area contributed by atoms with Crippen molar-refractivity contribution in [2.24, 2.45) is 0 Å². The van der Waals surface area contributed by atoms with E-state index in [-0.39, 0.29) is 29.5 Å². The maximum atomic E-state index is 13.4. The molecule has 1 saturated heterocycles.